The third-order valence-corrected chi connectivity index (χ3v) is 3.19. The van der Waals surface area contributed by atoms with Crippen LogP contribution >= 0.6 is 0 Å². The van der Waals surface area contributed by atoms with E-state index in [0.717, 1.165) is 5.39 Å². The van der Waals surface area contributed by atoms with Crippen molar-refractivity contribution in [2.75, 3.05) is 12.8 Å². The molecule has 4 nitrogen and oxygen atoms in total. The zero-order valence-corrected chi connectivity index (χ0v) is 11.4. The van der Waals surface area contributed by atoms with Crippen LogP contribution in [0.4, 0.5) is 10.1 Å². The zero-order valence-electron chi connectivity index (χ0n) is 11.4. The van der Waals surface area contributed by atoms with Gasteiger partial charge in [-0.1, -0.05) is 0 Å². The van der Waals surface area contributed by atoms with Gasteiger partial charge in [0.25, 0.3) is 0 Å². The van der Waals surface area contributed by atoms with E-state index in [-0.39, 0.29) is 5.69 Å². The van der Waals surface area contributed by atoms with Crippen LogP contribution in [0.3, 0.4) is 0 Å². The van der Waals surface area contributed by atoms with Crippen LogP contribution < -0.4 is 5.73 Å². The van der Waals surface area contributed by atoms with Crippen molar-refractivity contribution in [2.45, 2.75) is 0 Å². The van der Waals surface area contributed by atoms with Gasteiger partial charge in [0.1, 0.15) is 5.82 Å². The lowest BCUT2D eigenvalue weighted by atomic mass is 10.1. The number of nitrogens with two attached hydrogens (primary N) is 1. The highest BCUT2D eigenvalue weighted by molar-refractivity contribution is 5.89. The first kappa shape index (κ1) is 13.2. The van der Waals surface area contributed by atoms with Crippen LogP contribution in [0, 0.1) is 5.82 Å². The van der Waals surface area contributed by atoms with Gasteiger partial charge in [0.05, 0.1) is 11.4 Å². The van der Waals surface area contributed by atoms with Crippen molar-refractivity contribution in [3.05, 3.63) is 54.0 Å². The molecule has 0 unspecified atom stereocenters. The number of nitrogens with zero attached hydrogens (tertiary/aromatic N) is 3. The maximum atomic E-state index is 13.9. The number of hydrogen-bond donors (Lipinski definition) is 1. The Morgan fingerprint density at radius 2 is 2.10 bits per heavy atom. The van der Waals surface area contributed by atoms with Gasteiger partial charge in [-0.25, -0.2) is 14.4 Å². The average molecular weight is 280 g/mol. The second kappa shape index (κ2) is 5.28. The lowest BCUT2D eigenvalue weighted by molar-refractivity contribution is 0.633. The van der Waals surface area contributed by atoms with Crippen molar-refractivity contribution >= 4 is 22.9 Å². The molecule has 0 aliphatic heterocycles. The van der Waals surface area contributed by atoms with Gasteiger partial charge in [0.15, 0.2) is 5.65 Å². The van der Waals surface area contributed by atoms with E-state index in [2.05, 4.69) is 15.0 Å². The van der Waals surface area contributed by atoms with Crippen LogP contribution in [-0.4, -0.2) is 23.2 Å². The topological polar surface area (TPSA) is 64.2 Å². The molecule has 2 N–H and O–H groups in total. The molecule has 0 aliphatic carbocycles. The number of rotatable bonds is 2. The fourth-order valence-corrected chi connectivity index (χ4v) is 2.15. The second-order valence-corrected chi connectivity index (χ2v) is 4.59. The van der Waals surface area contributed by atoms with Crippen LogP contribution in [-0.2, 0) is 0 Å². The Balaban J connectivity index is 2.17. The first-order valence-corrected chi connectivity index (χ1v) is 6.42. The third kappa shape index (κ3) is 2.45. The van der Waals surface area contributed by atoms with Gasteiger partial charge in [-0.3, -0.25) is 4.99 Å². The van der Waals surface area contributed by atoms with Crippen molar-refractivity contribution in [3.8, 4) is 11.3 Å². The molecule has 0 radical (unpaired) electrons. The molecule has 0 aliphatic rings. The number of aromatic nitrogens is 2. The molecule has 0 spiro atoms. The molecule has 0 atom stereocenters. The summed E-state index contributed by atoms with van der Waals surface area (Å²) in [6.45, 7) is 0. The van der Waals surface area contributed by atoms with E-state index in [1.165, 1.54) is 12.3 Å². The second-order valence-electron chi connectivity index (χ2n) is 4.59. The van der Waals surface area contributed by atoms with Crippen molar-refractivity contribution in [2.24, 2.45) is 4.99 Å². The van der Waals surface area contributed by atoms with E-state index >= 15 is 0 Å². The average Bonchev–Trinajstić information content (AvgIpc) is 2.51. The van der Waals surface area contributed by atoms with Crippen LogP contribution in [0.2, 0.25) is 0 Å². The van der Waals surface area contributed by atoms with Crippen molar-refractivity contribution in [1.29, 1.82) is 0 Å². The summed E-state index contributed by atoms with van der Waals surface area (Å²) in [5.74, 6) is -0.481. The van der Waals surface area contributed by atoms with Crippen LogP contribution in [0.1, 0.15) is 5.56 Å². The van der Waals surface area contributed by atoms with Gasteiger partial charge >= 0.3 is 0 Å². The first-order valence-electron chi connectivity index (χ1n) is 6.42. The maximum Gasteiger partial charge on any atom is 0.159 e. The molecule has 3 rings (SSSR count). The minimum absolute atomic E-state index is 0.0864. The summed E-state index contributed by atoms with van der Waals surface area (Å²) in [7, 11) is 1.61. The van der Waals surface area contributed by atoms with Gasteiger partial charge in [-0.15, -0.1) is 0 Å². The lowest BCUT2D eigenvalue weighted by Crippen LogP contribution is -1.99. The summed E-state index contributed by atoms with van der Waals surface area (Å²) in [6, 6.07) is 10.7. The molecule has 104 valence electrons. The van der Waals surface area contributed by atoms with Crippen molar-refractivity contribution in [3.63, 3.8) is 0 Å². The predicted octanol–water partition coefficient (Wildman–Crippen LogP) is 3.07. The number of aliphatic imine (C=N–C) groups is 1. The van der Waals surface area contributed by atoms with E-state index in [1.54, 1.807) is 19.3 Å². The molecule has 1 aromatic carbocycles. The Hall–Kier alpha value is -2.82. The minimum atomic E-state index is -0.481. The smallest absolute Gasteiger partial charge is 0.159 e. The van der Waals surface area contributed by atoms with E-state index < -0.39 is 5.82 Å². The molecular weight excluding hydrogens is 267 g/mol. The van der Waals surface area contributed by atoms with Crippen molar-refractivity contribution < 1.29 is 4.39 Å². The highest BCUT2D eigenvalue weighted by atomic mass is 19.1. The molecular formula is C16H13FN4. The van der Waals surface area contributed by atoms with Gasteiger partial charge in [-0.05, 0) is 36.4 Å². The standard InChI is InChI=1S/C16H13FN4/c1-19-9-12-7-11(8-13(17)15(12)18)14-5-4-10-3-2-6-20-16(10)21-14/h2-9H,18H2,1H3. The Bertz CT molecular complexity index is 843. The van der Waals surface area contributed by atoms with Gasteiger partial charge < -0.3 is 5.73 Å². The number of fused-ring (bicyclic) bond motifs is 1. The van der Waals surface area contributed by atoms with Crippen LogP contribution in [0.25, 0.3) is 22.3 Å². The van der Waals surface area contributed by atoms with Gasteiger partial charge in [0, 0.05) is 36.0 Å². The summed E-state index contributed by atoms with van der Waals surface area (Å²) >= 11 is 0. The molecule has 2 aromatic heterocycles. The molecule has 5 heteroatoms. The van der Waals surface area contributed by atoms with Crippen LogP contribution in [0.15, 0.2) is 47.6 Å². The number of anilines is 1. The molecule has 3 aromatic rings. The molecule has 2 heterocycles. The summed E-state index contributed by atoms with van der Waals surface area (Å²) in [6.07, 6.45) is 3.21. The summed E-state index contributed by atoms with van der Waals surface area (Å²) < 4.78 is 13.9. The normalized spacial score (nSPS) is 11.3. The Labute approximate surface area is 121 Å². The Kier molecular flexibility index (Phi) is 3.31. The fourth-order valence-electron chi connectivity index (χ4n) is 2.15. The third-order valence-electron chi connectivity index (χ3n) is 3.19. The molecule has 0 amide bonds. The van der Waals surface area contributed by atoms with E-state index in [0.29, 0.717) is 22.5 Å². The SMILES string of the molecule is CN=Cc1cc(-c2ccc3cccnc3n2)cc(F)c1N. The zero-order chi connectivity index (χ0) is 14.8. The highest BCUT2D eigenvalue weighted by Crippen LogP contribution is 2.25. The highest BCUT2D eigenvalue weighted by Gasteiger charge is 2.09. The van der Waals surface area contributed by atoms with E-state index in [4.69, 9.17) is 5.73 Å². The Morgan fingerprint density at radius 1 is 1.24 bits per heavy atom. The quantitative estimate of drug-likeness (QED) is 0.579. The monoisotopic (exact) mass is 280 g/mol. The summed E-state index contributed by atoms with van der Waals surface area (Å²) in [5, 5.41) is 0.938. The number of benzene rings is 1. The first-order chi connectivity index (χ1) is 10.2. The Morgan fingerprint density at radius 3 is 2.90 bits per heavy atom. The molecule has 0 fully saturated rings. The predicted molar refractivity (Wildman–Crippen MR) is 82.9 cm³/mol. The molecule has 0 saturated carbocycles. The number of nitrogen functional groups attached to an aromatic ring is 1. The number of halogens is 1. The lowest BCUT2D eigenvalue weighted by Gasteiger charge is -2.07. The van der Waals surface area contributed by atoms with E-state index in [1.807, 2.05) is 24.3 Å². The number of pyridine rings is 2. The number of hydrogen-bond acceptors (Lipinski definition) is 4. The van der Waals surface area contributed by atoms with Gasteiger partial charge in [-0.2, -0.15) is 0 Å². The van der Waals surface area contributed by atoms with Gasteiger partial charge in [0.2, 0.25) is 0 Å². The fraction of sp³-hybridized carbons (Fsp3) is 0.0625. The van der Waals surface area contributed by atoms with E-state index in [9.17, 15) is 4.39 Å². The minimum Gasteiger partial charge on any atom is -0.396 e. The molecule has 21 heavy (non-hydrogen) atoms. The largest absolute Gasteiger partial charge is 0.396 e. The maximum absolute atomic E-state index is 13.9. The molecule has 0 saturated heterocycles. The van der Waals surface area contributed by atoms with Crippen molar-refractivity contribution in [1.82, 2.24) is 9.97 Å². The summed E-state index contributed by atoms with van der Waals surface area (Å²) in [4.78, 5) is 12.6. The summed E-state index contributed by atoms with van der Waals surface area (Å²) in [5.41, 5.74) is 8.24. The molecule has 0 bridgehead atoms. The van der Waals surface area contributed by atoms with Crippen LogP contribution in [0.5, 0.6) is 0 Å².